The maximum Gasteiger partial charge on any atom is 0.238 e. The molecule has 1 radical (unpaired) electrons. The Labute approximate surface area is 126 Å². The predicted octanol–water partition coefficient (Wildman–Crippen LogP) is 4.43. The number of rotatable bonds is 15. The van der Waals surface area contributed by atoms with Crippen molar-refractivity contribution in [1.82, 2.24) is 10.6 Å². The molecule has 0 aromatic heterocycles. The molecular weight excluding hydrogens is 248 g/mol. The van der Waals surface area contributed by atoms with Gasteiger partial charge in [-0.1, -0.05) is 52.4 Å². The second kappa shape index (κ2) is 14.8. The molecule has 3 heteroatoms. The Bertz CT molecular complexity index is 219. The SMILES string of the molecule is CCCCCCN(CCCCC)CCCCCC([NH])=O. The quantitative estimate of drug-likeness (QED) is 0.417. The van der Waals surface area contributed by atoms with Gasteiger partial charge in [-0.25, -0.2) is 0 Å². The molecule has 0 unspecified atom stereocenters. The first-order chi connectivity index (χ1) is 9.70. The van der Waals surface area contributed by atoms with E-state index < -0.39 is 5.91 Å². The molecule has 3 nitrogen and oxygen atoms in total. The smallest absolute Gasteiger partial charge is 0.238 e. The summed E-state index contributed by atoms with van der Waals surface area (Å²) in [6, 6.07) is 0. The van der Waals surface area contributed by atoms with Gasteiger partial charge in [0.1, 0.15) is 0 Å². The molecule has 0 fully saturated rings. The highest BCUT2D eigenvalue weighted by molar-refractivity contribution is 5.72. The maximum atomic E-state index is 10.6. The molecule has 1 N–H and O–H groups in total. The van der Waals surface area contributed by atoms with Gasteiger partial charge >= 0.3 is 0 Å². The standard InChI is InChI=1S/C17H35N2O/c1-3-5-7-11-15-19(14-10-6-4-2)16-12-8-9-13-17(18)20/h18H,3-16H2,1-2H3. The van der Waals surface area contributed by atoms with Gasteiger partial charge in [0, 0.05) is 6.42 Å². The molecule has 0 heterocycles. The first-order valence-electron chi connectivity index (χ1n) is 8.67. The summed E-state index contributed by atoms with van der Waals surface area (Å²) in [5.74, 6) is -0.413. The predicted molar refractivity (Wildman–Crippen MR) is 86.7 cm³/mol. The number of carbonyl (C=O) groups is 1. The second-order valence-corrected chi connectivity index (χ2v) is 5.84. The summed E-state index contributed by atoms with van der Waals surface area (Å²) < 4.78 is 0. The van der Waals surface area contributed by atoms with Gasteiger partial charge in [0.05, 0.1) is 0 Å². The van der Waals surface area contributed by atoms with E-state index in [1.165, 1.54) is 71.0 Å². The molecule has 0 atom stereocenters. The third-order valence-corrected chi connectivity index (χ3v) is 3.78. The van der Waals surface area contributed by atoms with Crippen LogP contribution in [0.1, 0.15) is 84.5 Å². The molecule has 0 spiro atoms. The van der Waals surface area contributed by atoms with Crippen molar-refractivity contribution in [2.24, 2.45) is 0 Å². The molecule has 20 heavy (non-hydrogen) atoms. The van der Waals surface area contributed by atoms with Crippen molar-refractivity contribution in [3.8, 4) is 0 Å². The molecule has 0 bridgehead atoms. The first-order valence-corrected chi connectivity index (χ1v) is 8.67. The monoisotopic (exact) mass is 283 g/mol. The fraction of sp³-hybridized carbons (Fsp3) is 0.941. The van der Waals surface area contributed by atoms with Crippen molar-refractivity contribution < 1.29 is 4.79 Å². The van der Waals surface area contributed by atoms with Crippen LogP contribution >= 0.6 is 0 Å². The third kappa shape index (κ3) is 13.9. The summed E-state index contributed by atoms with van der Waals surface area (Å²) in [7, 11) is 0. The van der Waals surface area contributed by atoms with E-state index in [0.717, 1.165) is 12.8 Å². The minimum Gasteiger partial charge on any atom is -0.303 e. The number of unbranched alkanes of at least 4 members (excludes halogenated alkanes) is 7. The highest BCUT2D eigenvalue weighted by atomic mass is 16.1. The summed E-state index contributed by atoms with van der Waals surface area (Å²) in [6.07, 6.45) is 12.9. The molecule has 0 aromatic carbocycles. The Morgan fingerprint density at radius 3 is 1.70 bits per heavy atom. The summed E-state index contributed by atoms with van der Waals surface area (Å²) >= 11 is 0. The Morgan fingerprint density at radius 2 is 1.20 bits per heavy atom. The number of nitrogens with one attached hydrogen (secondary N) is 1. The minimum atomic E-state index is -0.413. The van der Waals surface area contributed by atoms with E-state index in [4.69, 9.17) is 5.73 Å². The highest BCUT2D eigenvalue weighted by Gasteiger charge is 2.04. The van der Waals surface area contributed by atoms with Gasteiger partial charge in [0.15, 0.2) is 0 Å². The lowest BCUT2D eigenvalue weighted by Crippen LogP contribution is -2.27. The van der Waals surface area contributed by atoms with Crippen LogP contribution in [0.5, 0.6) is 0 Å². The van der Waals surface area contributed by atoms with Gasteiger partial charge in [-0.2, -0.15) is 0 Å². The van der Waals surface area contributed by atoms with E-state index in [1.54, 1.807) is 0 Å². The van der Waals surface area contributed by atoms with Crippen LogP contribution in [-0.4, -0.2) is 30.4 Å². The van der Waals surface area contributed by atoms with Crippen LogP contribution < -0.4 is 5.73 Å². The summed E-state index contributed by atoms with van der Waals surface area (Å²) in [5.41, 5.74) is 6.89. The number of carbonyl (C=O) groups excluding carboxylic acids is 1. The molecular formula is C17H35N2O. The average molecular weight is 283 g/mol. The van der Waals surface area contributed by atoms with Crippen molar-refractivity contribution in [2.75, 3.05) is 19.6 Å². The zero-order valence-corrected chi connectivity index (χ0v) is 13.8. The maximum absolute atomic E-state index is 10.6. The zero-order chi connectivity index (χ0) is 15.1. The third-order valence-electron chi connectivity index (χ3n) is 3.78. The minimum absolute atomic E-state index is 0.413. The lowest BCUT2D eigenvalue weighted by molar-refractivity contribution is -0.118. The molecule has 0 aliphatic carbocycles. The van der Waals surface area contributed by atoms with Gasteiger partial charge in [-0.15, -0.1) is 0 Å². The lowest BCUT2D eigenvalue weighted by atomic mass is 10.1. The highest BCUT2D eigenvalue weighted by Crippen LogP contribution is 2.07. The number of hydrogen-bond acceptors (Lipinski definition) is 2. The van der Waals surface area contributed by atoms with Crippen molar-refractivity contribution in [3.63, 3.8) is 0 Å². The van der Waals surface area contributed by atoms with Crippen LogP contribution in [0.2, 0.25) is 0 Å². The zero-order valence-electron chi connectivity index (χ0n) is 13.8. The van der Waals surface area contributed by atoms with Gasteiger partial charge < -0.3 is 4.90 Å². The second-order valence-electron chi connectivity index (χ2n) is 5.84. The summed E-state index contributed by atoms with van der Waals surface area (Å²) in [5, 5.41) is 0. The Kier molecular flexibility index (Phi) is 14.4. The molecule has 0 aromatic rings. The van der Waals surface area contributed by atoms with E-state index in [-0.39, 0.29) is 0 Å². The average Bonchev–Trinajstić information content (AvgIpc) is 2.42. The van der Waals surface area contributed by atoms with E-state index in [1.807, 2.05) is 0 Å². The molecule has 0 saturated carbocycles. The van der Waals surface area contributed by atoms with Crippen molar-refractivity contribution in [1.29, 1.82) is 0 Å². The Hall–Kier alpha value is -0.570. The van der Waals surface area contributed by atoms with E-state index in [0.29, 0.717) is 6.42 Å². The van der Waals surface area contributed by atoms with Gasteiger partial charge in [0.2, 0.25) is 5.91 Å². The Balaban J connectivity index is 3.70. The van der Waals surface area contributed by atoms with Crippen LogP contribution in [-0.2, 0) is 4.79 Å². The Morgan fingerprint density at radius 1 is 0.750 bits per heavy atom. The van der Waals surface area contributed by atoms with Crippen molar-refractivity contribution >= 4 is 5.91 Å². The topological polar surface area (TPSA) is 44.1 Å². The van der Waals surface area contributed by atoms with Crippen LogP contribution in [0.15, 0.2) is 0 Å². The summed E-state index contributed by atoms with van der Waals surface area (Å²) in [6.45, 7) is 8.15. The largest absolute Gasteiger partial charge is 0.303 e. The fourth-order valence-corrected chi connectivity index (χ4v) is 2.48. The number of nitrogens with zero attached hydrogens (tertiary/aromatic N) is 1. The van der Waals surface area contributed by atoms with Crippen LogP contribution in [0.25, 0.3) is 0 Å². The van der Waals surface area contributed by atoms with Gasteiger partial charge in [-0.3, -0.25) is 10.5 Å². The molecule has 0 aliphatic heterocycles. The van der Waals surface area contributed by atoms with Crippen molar-refractivity contribution in [3.05, 3.63) is 0 Å². The molecule has 0 aliphatic rings. The van der Waals surface area contributed by atoms with E-state index in [9.17, 15) is 4.79 Å². The van der Waals surface area contributed by atoms with Gasteiger partial charge in [-0.05, 0) is 45.3 Å². The molecule has 119 valence electrons. The van der Waals surface area contributed by atoms with E-state index in [2.05, 4.69) is 18.7 Å². The molecule has 0 saturated heterocycles. The van der Waals surface area contributed by atoms with Crippen LogP contribution in [0.4, 0.5) is 0 Å². The van der Waals surface area contributed by atoms with E-state index >= 15 is 0 Å². The van der Waals surface area contributed by atoms with Crippen LogP contribution in [0, 0.1) is 0 Å². The molecule has 0 rings (SSSR count). The normalized spacial score (nSPS) is 11.2. The first kappa shape index (κ1) is 19.4. The van der Waals surface area contributed by atoms with Crippen molar-refractivity contribution in [2.45, 2.75) is 84.5 Å². The number of amides is 1. The fourth-order valence-electron chi connectivity index (χ4n) is 2.48. The number of hydrogen-bond donors (Lipinski definition) is 0. The molecule has 1 amide bonds. The summed E-state index contributed by atoms with van der Waals surface area (Å²) in [4.78, 5) is 13.2. The van der Waals surface area contributed by atoms with Gasteiger partial charge in [0.25, 0.3) is 0 Å². The lowest BCUT2D eigenvalue weighted by Gasteiger charge is -2.22. The van der Waals surface area contributed by atoms with Crippen LogP contribution in [0.3, 0.4) is 0 Å².